The minimum absolute atomic E-state index is 0.0892. The van der Waals surface area contributed by atoms with Crippen LogP contribution in [0.15, 0.2) is 43.0 Å². The fraction of sp³-hybridized carbons (Fsp3) is 0.346. The summed E-state index contributed by atoms with van der Waals surface area (Å²) < 4.78 is 44.4. The second-order valence-electron chi connectivity index (χ2n) is 9.87. The van der Waals surface area contributed by atoms with Gasteiger partial charge < -0.3 is 4.57 Å². The van der Waals surface area contributed by atoms with Crippen molar-refractivity contribution < 1.29 is 13.2 Å². The van der Waals surface area contributed by atoms with Gasteiger partial charge in [0.25, 0.3) is 0 Å². The molecule has 5 aromatic rings. The fourth-order valence-electron chi connectivity index (χ4n) is 4.73. The van der Waals surface area contributed by atoms with E-state index in [-0.39, 0.29) is 11.9 Å². The summed E-state index contributed by atoms with van der Waals surface area (Å²) in [6.07, 6.45) is 1.75. The SMILES string of the molecule is CC(C)n1ncc(Cl)c1-c1ncnc2c1c(C1CC1)nn2Cc1ccc(-c2nc(C(F)(F)F)cn2C)cc1. The number of nitrogens with zero attached hydrogens (tertiary/aromatic N) is 8. The molecule has 1 aromatic carbocycles. The normalized spacial score (nSPS) is 14.2. The topological polar surface area (TPSA) is 79.2 Å². The van der Waals surface area contributed by atoms with Crippen molar-refractivity contribution in [2.24, 2.45) is 7.05 Å². The Kier molecular flexibility index (Phi) is 5.78. The molecule has 0 bridgehead atoms. The first-order valence-electron chi connectivity index (χ1n) is 12.3. The molecule has 4 aromatic heterocycles. The smallest absolute Gasteiger partial charge is 0.333 e. The zero-order chi connectivity index (χ0) is 26.8. The summed E-state index contributed by atoms with van der Waals surface area (Å²) in [5, 5.41) is 10.8. The van der Waals surface area contributed by atoms with E-state index in [9.17, 15) is 13.2 Å². The lowest BCUT2D eigenvalue weighted by molar-refractivity contribution is -0.140. The number of hydrogen-bond donors (Lipinski definition) is 0. The summed E-state index contributed by atoms with van der Waals surface area (Å²) >= 11 is 6.57. The van der Waals surface area contributed by atoms with Gasteiger partial charge in [-0.05, 0) is 32.3 Å². The van der Waals surface area contributed by atoms with Crippen LogP contribution in [-0.2, 0) is 19.8 Å². The predicted molar refractivity (Wildman–Crippen MR) is 137 cm³/mol. The molecule has 1 fully saturated rings. The number of aromatic nitrogens is 8. The minimum atomic E-state index is -4.49. The molecule has 12 heteroatoms. The van der Waals surface area contributed by atoms with Crippen molar-refractivity contribution in [1.82, 2.24) is 39.1 Å². The second kappa shape index (κ2) is 8.93. The van der Waals surface area contributed by atoms with Gasteiger partial charge in [-0.25, -0.2) is 19.6 Å². The van der Waals surface area contributed by atoms with Gasteiger partial charge in [0.15, 0.2) is 11.3 Å². The lowest BCUT2D eigenvalue weighted by Crippen LogP contribution is -2.06. The molecule has 0 atom stereocenters. The summed E-state index contributed by atoms with van der Waals surface area (Å²) in [6.45, 7) is 4.51. The maximum Gasteiger partial charge on any atom is 0.434 e. The highest BCUT2D eigenvalue weighted by Gasteiger charge is 2.35. The van der Waals surface area contributed by atoms with Crippen LogP contribution in [0.3, 0.4) is 0 Å². The minimum Gasteiger partial charge on any atom is -0.333 e. The van der Waals surface area contributed by atoms with Crippen molar-refractivity contribution in [3.8, 4) is 22.8 Å². The average Bonchev–Trinajstić information content (AvgIpc) is 3.37. The van der Waals surface area contributed by atoms with Gasteiger partial charge in [-0.3, -0.25) is 4.68 Å². The lowest BCUT2D eigenvalue weighted by Gasteiger charge is -2.12. The van der Waals surface area contributed by atoms with Crippen LogP contribution in [0.25, 0.3) is 33.8 Å². The van der Waals surface area contributed by atoms with E-state index < -0.39 is 11.9 Å². The Morgan fingerprint density at radius 1 is 1.11 bits per heavy atom. The molecule has 0 N–H and O–H groups in total. The van der Waals surface area contributed by atoms with Crippen molar-refractivity contribution in [2.75, 3.05) is 0 Å². The summed E-state index contributed by atoms with van der Waals surface area (Å²) in [5.41, 5.74) is 3.72. The molecule has 1 saturated carbocycles. The molecule has 0 spiro atoms. The zero-order valence-corrected chi connectivity index (χ0v) is 21.7. The third kappa shape index (κ3) is 4.24. The number of halogens is 4. The largest absolute Gasteiger partial charge is 0.434 e. The Balaban J connectivity index is 1.38. The molecule has 0 amide bonds. The van der Waals surface area contributed by atoms with E-state index in [1.807, 2.05) is 35.3 Å². The van der Waals surface area contributed by atoms with E-state index in [4.69, 9.17) is 16.7 Å². The number of rotatable bonds is 6. The van der Waals surface area contributed by atoms with E-state index >= 15 is 0 Å². The molecule has 196 valence electrons. The van der Waals surface area contributed by atoms with E-state index in [1.54, 1.807) is 25.4 Å². The summed E-state index contributed by atoms with van der Waals surface area (Å²) in [6, 6.07) is 7.37. The summed E-state index contributed by atoms with van der Waals surface area (Å²) in [4.78, 5) is 13.0. The Hall–Kier alpha value is -3.73. The molecular weight excluding hydrogens is 517 g/mol. The third-order valence-electron chi connectivity index (χ3n) is 6.70. The monoisotopic (exact) mass is 540 g/mol. The maximum atomic E-state index is 13.1. The number of alkyl halides is 3. The fourth-order valence-corrected chi connectivity index (χ4v) is 4.94. The molecule has 6 rings (SSSR count). The average molecular weight is 541 g/mol. The van der Waals surface area contributed by atoms with Gasteiger partial charge >= 0.3 is 6.18 Å². The number of hydrogen-bond acceptors (Lipinski definition) is 5. The van der Waals surface area contributed by atoms with Gasteiger partial charge in [-0.2, -0.15) is 23.4 Å². The zero-order valence-electron chi connectivity index (χ0n) is 20.9. The highest BCUT2D eigenvalue weighted by Crippen LogP contribution is 2.45. The molecule has 0 aliphatic heterocycles. The Morgan fingerprint density at radius 2 is 1.84 bits per heavy atom. The van der Waals surface area contributed by atoms with Crippen molar-refractivity contribution in [2.45, 2.75) is 51.4 Å². The molecule has 0 unspecified atom stereocenters. The molecule has 1 aliphatic carbocycles. The van der Waals surface area contributed by atoms with Crippen molar-refractivity contribution in [1.29, 1.82) is 0 Å². The van der Waals surface area contributed by atoms with Gasteiger partial charge in [-0.15, -0.1) is 0 Å². The molecule has 8 nitrogen and oxygen atoms in total. The van der Waals surface area contributed by atoms with Crippen molar-refractivity contribution in [3.63, 3.8) is 0 Å². The van der Waals surface area contributed by atoms with Gasteiger partial charge in [0.05, 0.1) is 28.8 Å². The summed E-state index contributed by atoms with van der Waals surface area (Å²) in [7, 11) is 1.55. The Bertz CT molecular complexity index is 1640. The highest BCUT2D eigenvalue weighted by atomic mass is 35.5. The first kappa shape index (κ1) is 24.6. The predicted octanol–water partition coefficient (Wildman–Crippen LogP) is 6.27. The van der Waals surface area contributed by atoms with Gasteiger partial charge in [0.1, 0.15) is 23.5 Å². The molecule has 1 aliphatic rings. The quantitative estimate of drug-likeness (QED) is 0.254. The van der Waals surface area contributed by atoms with Gasteiger partial charge in [0, 0.05) is 30.8 Å². The molecule has 38 heavy (non-hydrogen) atoms. The van der Waals surface area contributed by atoms with Crippen LogP contribution >= 0.6 is 11.6 Å². The van der Waals surface area contributed by atoms with Gasteiger partial charge in [0.2, 0.25) is 0 Å². The number of imidazole rings is 1. The lowest BCUT2D eigenvalue weighted by atomic mass is 10.1. The van der Waals surface area contributed by atoms with Crippen LogP contribution in [0.1, 0.15) is 55.6 Å². The third-order valence-corrected chi connectivity index (χ3v) is 6.97. The molecule has 0 saturated heterocycles. The maximum absolute atomic E-state index is 13.1. The Labute approximate surface area is 221 Å². The molecule has 4 heterocycles. The number of benzene rings is 1. The molecule has 0 radical (unpaired) electrons. The molecular formula is C26H24ClF3N8. The first-order valence-corrected chi connectivity index (χ1v) is 12.6. The number of fused-ring (bicyclic) bond motifs is 1. The summed E-state index contributed by atoms with van der Waals surface area (Å²) in [5.74, 6) is 0.590. The van der Waals surface area contributed by atoms with E-state index in [1.165, 1.54) is 10.9 Å². The van der Waals surface area contributed by atoms with Crippen LogP contribution in [0.2, 0.25) is 5.02 Å². The Morgan fingerprint density at radius 3 is 2.47 bits per heavy atom. The van der Waals surface area contributed by atoms with E-state index in [2.05, 4.69) is 20.1 Å². The van der Waals surface area contributed by atoms with Crippen molar-refractivity contribution in [3.05, 3.63) is 65.0 Å². The van der Waals surface area contributed by atoms with Crippen LogP contribution < -0.4 is 0 Å². The van der Waals surface area contributed by atoms with Crippen LogP contribution in [0.4, 0.5) is 13.2 Å². The van der Waals surface area contributed by atoms with Crippen LogP contribution in [-0.4, -0.2) is 39.1 Å². The van der Waals surface area contributed by atoms with E-state index in [0.717, 1.165) is 41.4 Å². The highest BCUT2D eigenvalue weighted by molar-refractivity contribution is 6.33. The van der Waals surface area contributed by atoms with Gasteiger partial charge in [-0.1, -0.05) is 35.9 Å². The standard InChI is InChI=1S/C26H24ClF3N8/c1-14(2)38-23(18(27)10-33-38)22-20-21(16-8-9-16)35-37(25(20)32-13-31-22)11-15-4-6-17(7-5-15)24-34-19(12-36(24)3)26(28,29)30/h4-7,10,12-14,16H,8-9,11H2,1-3H3. The van der Waals surface area contributed by atoms with Crippen LogP contribution in [0.5, 0.6) is 0 Å². The number of aryl methyl sites for hydroxylation is 1. The van der Waals surface area contributed by atoms with Crippen LogP contribution in [0, 0.1) is 0 Å². The van der Waals surface area contributed by atoms with E-state index in [0.29, 0.717) is 34.4 Å². The van der Waals surface area contributed by atoms with Crippen molar-refractivity contribution >= 4 is 22.6 Å². The second-order valence-corrected chi connectivity index (χ2v) is 10.3. The first-order chi connectivity index (χ1) is 18.1.